The van der Waals surface area contributed by atoms with E-state index < -0.39 is 0 Å². The molecule has 2 heterocycles. The molecule has 0 aliphatic heterocycles. The SMILES string of the molecule is CNC(=O)COc1ccc2ccn(-c3ncccn3)c2c1. The fourth-order valence-electron chi connectivity index (χ4n) is 2.01. The molecule has 3 aromatic rings. The number of aromatic nitrogens is 3. The molecule has 0 fully saturated rings. The highest BCUT2D eigenvalue weighted by Crippen LogP contribution is 2.23. The van der Waals surface area contributed by atoms with Crippen LogP contribution in [0.15, 0.2) is 48.9 Å². The number of rotatable bonds is 4. The molecule has 0 aliphatic carbocycles. The molecule has 6 nitrogen and oxygen atoms in total. The Labute approximate surface area is 121 Å². The number of carbonyl (C=O) groups excluding carboxylic acids is 1. The van der Waals surface area contributed by atoms with Crippen LogP contribution >= 0.6 is 0 Å². The maximum atomic E-state index is 11.2. The van der Waals surface area contributed by atoms with Gasteiger partial charge in [0, 0.05) is 37.1 Å². The van der Waals surface area contributed by atoms with Crippen molar-refractivity contribution < 1.29 is 9.53 Å². The molecule has 0 unspecified atom stereocenters. The number of carbonyl (C=O) groups is 1. The van der Waals surface area contributed by atoms with Crippen LogP contribution in [-0.4, -0.2) is 34.1 Å². The van der Waals surface area contributed by atoms with E-state index in [9.17, 15) is 4.79 Å². The van der Waals surface area contributed by atoms with Gasteiger partial charge in [0.2, 0.25) is 5.95 Å². The van der Waals surface area contributed by atoms with E-state index >= 15 is 0 Å². The molecule has 0 spiro atoms. The van der Waals surface area contributed by atoms with Crippen LogP contribution in [0, 0.1) is 0 Å². The van der Waals surface area contributed by atoms with Crippen LogP contribution in [0.1, 0.15) is 0 Å². The average molecular weight is 282 g/mol. The molecular weight excluding hydrogens is 268 g/mol. The molecule has 2 aromatic heterocycles. The summed E-state index contributed by atoms with van der Waals surface area (Å²) in [6.45, 7) is -0.00937. The lowest BCUT2D eigenvalue weighted by atomic mass is 10.2. The van der Waals surface area contributed by atoms with Gasteiger partial charge in [-0.3, -0.25) is 9.36 Å². The number of nitrogens with one attached hydrogen (secondary N) is 1. The van der Waals surface area contributed by atoms with Gasteiger partial charge >= 0.3 is 0 Å². The van der Waals surface area contributed by atoms with Crippen molar-refractivity contribution in [1.29, 1.82) is 0 Å². The first-order valence-electron chi connectivity index (χ1n) is 6.50. The van der Waals surface area contributed by atoms with Crippen LogP contribution in [0.5, 0.6) is 5.75 Å². The lowest BCUT2D eigenvalue weighted by molar-refractivity contribution is -0.122. The second-order valence-corrected chi connectivity index (χ2v) is 4.42. The number of likely N-dealkylation sites (N-methyl/N-ethyl adjacent to an activating group) is 1. The normalized spacial score (nSPS) is 10.5. The Morgan fingerprint density at radius 1 is 1.29 bits per heavy atom. The molecule has 0 saturated heterocycles. The van der Waals surface area contributed by atoms with Gasteiger partial charge in [-0.15, -0.1) is 0 Å². The minimum Gasteiger partial charge on any atom is -0.484 e. The summed E-state index contributed by atoms with van der Waals surface area (Å²) in [4.78, 5) is 19.7. The van der Waals surface area contributed by atoms with Crippen LogP contribution in [0.4, 0.5) is 0 Å². The molecule has 0 saturated carbocycles. The van der Waals surface area contributed by atoms with Crippen LogP contribution < -0.4 is 10.1 Å². The maximum Gasteiger partial charge on any atom is 0.257 e. The third-order valence-corrected chi connectivity index (χ3v) is 3.08. The number of hydrogen-bond acceptors (Lipinski definition) is 4. The summed E-state index contributed by atoms with van der Waals surface area (Å²) < 4.78 is 7.34. The molecule has 0 atom stereocenters. The first kappa shape index (κ1) is 13.1. The fourth-order valence-corrected chi connectivity index (χ4v) is 2.01. The van der Waals surface area contributed by atoms with Crippen molar-refractivity contribution >= 4 is 16.8 Å². The molecule has 0 radical (unpaired) electrons. The number of benzene rings is 1. The predicted molar refractivity (Wildman–Crippen MR) is 78.4 cm³/mol. The number of nitrogens with zero attached hydrogens (tertiary/aromatic N) is 3. The Bertz CT molecular complexity index is 768. The van der Waals surface area contributed by atoms with Crippen LogP contribution in [0.2, 0.25) is 0 Å². The summed E-state index contributed by atoms with van der Waals surface area (Å²) in [6.07, 6.45) is 5.29. The lowest BCUT2D eigenvalue weighted by Gasteiger charge is -2.07. The molecule has 106 valence electrons. The summed E-state index contributed by atoms with van der Waals surface area (Å²) in [6, 6.07) is 9.39. The standard InChI is InChI=1S/C15H14N4O2/c1-16-14(20)10-21-12-4-3-11-5-8-19(13(11)9-12)15-17-6-2-7-18-15/h2-9H,10H2,1H3,(H,16,20). The summed E-state index contributed by atoms with van der Waals surface area (Å²) in [7, 11) is 1.58. The van der Waals surface area contributed by atoms with Gasteiger partial charge < -0.3 is 10.1 Å². The van der Waals surface area contributed by atoms with Crippen molar-refractivity contribution in [2.24, 2.45) is 0 Å². The molecule has 3 rings (SSSR count). The van der Waals surface area contributed by atoms with Crippen molar-refractivity contribution in [3.8, 4) is 11.7 Å². The Morgan fingerprint density at radius 3 is 2.86 bits per heavy atom. The van der Waals surface area contributed by atoms with E-state index in [1.54, 1.807) is 25.5 Å². The van der Waals surface area contributed by atoms with E-state index in [0.717, 1.165) is 10.9 Å². The van der Waals surface area contributed by atoms with Gasteiger partial charge in [-0.1, -0.05) is 0 Å². The van der Waals surface area contributed by atoms with E-state index in [0.29, 0.717) is 11.7 Å². The second-order valence-electron chi connectivity index (χ2n) is 4.42. The third-order valence-electron chi connectivity index (χ3n) is 3.08. The zero-order valence-electron chi connectivity index (χ0n) is 11.5. The molecule has 1 aromatic carbocycles. The van der Waals surface area contributed by atoms with Gasteiger partial charge in [0.25, 0.3) is 5.91 Å². The minimum absolute atomic E-state index is 0.00937. The van der Waals surface area contributed by atoms with E-state index in [1.807, 2.05) is 35.0 Å². The maximum absolute atomic E-state index is 11.2. The summed E-state index contributed by atoms with van der Waals surface area (Å²) in [5.41, 5.74) is 0.926. The highest BCUT2D eigenvalue weighted by molar-refractivity contribution is 5.83. The van der Waals surface area contributed by atoms with Gasteiger partial charge in [-0.25, -0.2) is 9.97 Å². The van der Waals surface area contributed by atoms with E-state index in [1.165, 1.54) is 0 Å². The van der Waals surface area contributed by atoms with Crippen LogP contribution in [0.25, 0.3) is 16.9 Å². The van der Waals surface area contributed by atoms with Gasteiger partial charge in [0.05, 0.1) is 5.52 Å². The Kier molecular flexibility index (Phi) is 3.51. The Hall–Kier alpha value is -2.89. The Morgan fingerprint density at radius 2 is 2.10 bits per heavy atom. The lowest BCUT2D eigenvalue weighted by Crippen LogP contribution is -2.24. The molecule has 1 amide bonds. The van der Waals surface area contributed by atoms with Crippen LogP contribution in [-0.2, 0) is 4.79 Å². The highest BCUT2D eigenvalue weighted by Gasteiger charge is 2.07. The topological polar surface area (TPSA) is 69.0 Å². The quantitative estimate of drug-likeness (QED) is 0.788. The van der Waals surface area contributed by atoms with E-state index in [-0.39, 0.29) is 12.5 Å². The zero-order chi connectivity index (χ0) is 14.7. The van der Waals surface area contributed by atoms with Crippen molar-refractivity contribution in [1.82, 2.24) is 19.9 Å². The number of ether oxygens (including phenoxy) is 1. The van der Waals surface area contributed by atoms with Gasteiger partial charge in [-0.2, -0.15) is 0 Å². The van der Waals surface area contributed by atoms with Gasteiger partial charge in [0.1, 0.15) is 5.75 Å². The third kappa shape index (κ3) is 2.69. The summed E-state index contributed by atoms with van der Waals surface area (Å²) in [5.74, 6) is 1.05. The molecular formula is C15H14N4O2. The highest BCUT2D eigenvalue weighted by atomic mass is 16.5. The molecule has 6 heteroatoms. The average Bonchev–Trinajstić information content (AvgIpc) is 2.96. The summed E-state index contributed by atoms with van der Waals surface area (Å²) in [5, 5.41) is 3.57. The molecule has 0 bridgehead atoms. The van der Waals surface area contributed by atoms with Crippen molar-refractivity contribution in [3.63, 3.8) is 0 Å². The van der Waals surface area contributed by atoms with Crippen molar-refractivity contribution in [2.45, 2.75) is 0 Å². The predicted octanol–water partition coefficient (Wildman–Crippen LogP) is 1.55. The Balaban J connectivity index is 1.95. The monoisotopic (exact) mass is 282 g/mol. The first-order chi connectivity index (χ1) is 10.3. The first-order valence-corrected chi connectivity index (χ1v) is 6.50. The largest absolute Gasteiger partial charge is 0.484 e. The molecule has 0 aliphatic rings. The van der Waals surface area contributed by atoms with Crippen molar-refractivity contribution in [2.75, 3.05) is 13.7 Å². The fraction of sp³-hybridized carbons (Fsp3) is 0.133. The molecule has 1 N–H and O–H groups in total. The van der Waals surface area contributed by atoms with Crippen molar-refractivity contribution in [3.05, 3.63) is 48.9 Å². The number of amides is 1. The molecule has 21 heavy (non-hydrogen) atoms. The van der Waals surface area contributed by atoms with Gasteiger partial charge in [-0.05, 0) is 24.3 Å². The van der Waals surface area contributed by atoms with Gasteiger partial charge in [0.15, 0.2) is 6.61 Å². The zero-order valence-corrected chi connectivity index (χ0v) is 11.5. The summed E-state index contributed by atoms with van der Waals surface area (Å²) >= 11 is 0. The number of hydrogen-bond donors (Lipinski definition) is 1. The smallest absolute Gasteiger partial charge is 0.257 e. The minimum atomic E-state index is -0.170. The number of fused-ring (bicyclic) bond motifs is 1. The van der Waals surface area contributed by atoms with E-state index in [2.05, 4.69) is 15.3 Å². The second kappa shape index (κ2) is 5.62. The van der Waals surface area contributed by atoms with E-state index in [4.69, 9.17) is 4.74 Å². The van der Waals surface area contributed by atoms with Crippen LogP contribution in [0.3, 0.4) is 0 Å².